The summed E-state index contributed by atoms with van der Waals surface area (Å²) in [7, 11) is 0. The molecule has 2 aliphatic heterocycles. The molecule has 7 heteroatoms. The summed E-state index contributed by atoms with van der Waals surface area (Å²) in [5.41, 5.74) is 1.62. The molecule has 2 heterocycles. The average molecular weight is 404 g/mol. The Kier molecular flexibility index (Phi) is 4.19. The lowest BCUT2D eigenvalue weighted by molar-refractivity contribution is -0.690. The average Bonchev–Trinajstić information content (AvgIpc) is 3.16. The van der Waals surface area contributed by atoms with Crippen LogP contribution in [0, 0.1) is 0 Å². The normalized spacial score (nSPS) is 18.9. The van der Waals surface area contributed by atoms with Gasteiger partial charge in [0.25, 0.3) is 5.91 Å². The summed E-state index contributed by atoms with van der Waals surface area (Å²) in [4.78, 5) is 26.2. The molecule has 2 aromatic carbocycles. The first kappa shape index (κ1) is 16.1. The largest absolute Gasteiger partial charge is 0.454 e. The van der Waals surface area contributed by atoms with Crippen LogP contribution >= 0.6 is 15.9 Å². The zero-order valence-electron chi connectivity index (χ0n) is 13.3. The number of carbonyl (C=O) groups excluding carboxylic acids is 2. The maximum atomic E-state index is 12.6. The van der Waals surface area contributed by atoms with Crippen LogP contribution in [-0.2, 0) is 16.1 Å². The van der Waals surface area contributed by atoms with Gasteiger partial charge < -0.3 is 14.8 Å². The van der Waals surface area contributed by atoms with Gasteiger partial charge in [-0.3, -0.25) is 9.59 Å². The summed E-state index contributed by atoms with van der Waals surface area (Å²) in [6, 6.07) is 12.5. The number of nitrogens with zero attached hydrogens (tertiary/aromatic N) is 1. The van der Waals surface area contributed by atoms with Crippen molar-refractivity contribution < 1.29 is 24.4 Å². The third-order valence-corrected chi connectivity index (χ3v) is 4.82. The summed E-state index contributed by atoms with van der Waals surface area (Å²) < 4.78 is 11.5. The maximum Gasteiger partial charge on any atom is 0.292 e. The van der Waals surface area contributed by atoms with E-state index in [1.165, 1.54) is 4.90 Å². The molecule has 0 unspecified atom stereocenters. The highest BCUT2D eigenvalue weighted by Crippen LogP contribution is 2.32. The van der Waals surface area contributed by atoms with Gasteiger partial charge in [-0.2, -0.15) is 0 Å². The molecule has 0 saturated carbocycles. The van der Waals surface area contributed by atoms with Gasteiger partial charge in [0.15, 0.2) is 17.5 Å². The molecular formula is C18H16BrN2O4+. The highest BCUT2D eigenvalue weighted by atomic mass is 79.9. The second kappa shape index (κ2) is 6.50. The summed E-state index contributed by atoms with van der Waals surface area (Å²) in [6.07, 6.45) is 0.204. The molecule has 6 nitrogen and oxygen atoms in total. The summed E-state index contributed by atoms with van der Waals surface area (Å²) in [5, 5.41) is 1.90. The predicted molar refractivity (Wildman–Crippen MR) is 93.2 cm³/mol. The number of carbonyl (C=O) groups is 2. The van der Waals surface area contributed by atoms with Gasteiger partial charge in [0.1, 0.15) is 6.54 Å². The minimum atomic E-state index is -0.406. The van der Waals surface area contributed by atoms with Crippen molar-refractivity contribution in [3.8, 4) is 11.5 Å². The van der Waals surface area contributed by atoms with Gasteiger partial charge in [-0.1, -0.05) is 22.0 Å². The molecule has 2 amide bonds. The van der Waals surface area contributed by atoms with Crippen LogP contribution in [-0.4, -0.2) is 24.6 Å². The number of benzene rings is 2. The van der Waals surface area contributed by atoms with E-state index in [-0.39, 0.29) is 25.0 Å². The van der Waals surface area contributed by atoms with Gasteiger partial charge in [0.2, 0.25) is 12.7 Å². The number of amides is 2. The van der Waals surface area contributed by atoms with E-state index in [9.17, 15) is 9.59 Å². The van der Waals surface area contributed by atoms with Crippen LogP contribution in [0.5, 0.6) is 11.5 Å². The van der Waals surface area contributed by atoms with Crippen LogP contribution in [0.4, 0.5) is 5.69 Å². The van der Waals surface area contributed by atoms with Crippen molar-refractivity contribution in [1.82, 2.24) is 0 Å². The number of anilines is 1. The first-order chi connectivity index (χ1) is 12.1. The van der Waals surface area contributed by atoms with E-state index < -0.39 is 6.04 Å². The van der Waals surface area contributed by atoms with Crippen molar-refractivity contribution in [3.63, 3.8) is 0 Å². The Labute approximate surface area is 152 Å². The zero-order chi connectivity index (χ0) is 17.4. The molecule has 0 aromatic heterocycles. The first-order valence-electron chi connectivity index (χ1n) is 7.96. The van der Waals surface area contributed by atoms with Gasteiger partial charge >= 0.3 is 0 Å². The standard InChI is InChI=1S/C18H15BrN2O4/c19-12-2-1-3-13(7-12)21-17(22)8-14(18(21)23)20-9-11-4-5-15-16(6-11)25-10-24-15/h1-7,14,20H,8-10H2/p+1/t14-/m1/s1. The van der Waals surface area contributed by atoms with E-state index in [0.717, 1.165) is 21.5 Å². The van der Waals surface area contributed by atoms with Crippen molar-refractivity contribution >= 4 is 33.4 Å². The zero-order valence-corrected chi connectivity index (χ0v) is 14.9. The SMILES string of the molecule is O=C1C[C@@H]([NH2+]Cc2ccc3c(c2)OCO3)C(=O)N1c1cccc(Br)c1. The first-order valence-corrected chi connectivity index (χ1v) is 8.75. The van der Waals surface area contributed by atoms with Crippen molar-refractivity contribution in [2.75, 3.05) is 11.7 Å². The molecule has 4 rings (SSSR count). The van der Waals surface area contributed by atoms with E-state index in [4.69, 9.17) is 9.47 Å². The Balaban J connectivity index is 1.45. The molecule has 1 atom stereocenters. The van der Waals surface area contributed by atoms with Crippen LogP contribution in [0.1, 0.15) is 12.0 Å². The summed E-state index contributed by atoms with van der Waals surface area (Å²) in [5.74, 6) is 1.10. The Morgan fingerprint density at radius 3 is 2.80 bits per heavy atom. The van der Waals surface area contributed by atoms with Crippen molar-refractivity contribution in [2.24, 2.45) is 0 Å². The second-order valence-electron chi connectivity index (χ2n) is 5.99. The van der Waals surface area contributed by atoms with Crippen molar-refractivity contribution in [1.29, 1.82) is 0 Å². The molecule has 0 aliphatic carbocycles. The van der Waals surface area contributed by atoms with Crippen LogP contribution in [0.2, 0.25) is 0 Å². The molecule has 0 bridgehead atoms. The number of imide groups is 1. The number of halogens is 1. The van der Waals surface area contributed by atoms with Gasteiger partial charge in [0, 0.05) is 10.0 Å². The lowest BCUT2D eigenvalue weighted by atomic mass is 10.1. The van der Waals surface area contributed by atoms with Gasteiger partial charge in [0.05, 0.1) is 12.1 Å². The van der Waals surface area contributed by atoms with Crippen LogP contribution in [0.25, 0.3) is 0 Å². The number of quaternary nitrogens is 1. The van der Waals surface area contributed by atoms with Gasteiger partial charge in [-0.05, 0) is 36.4 Å². The third kappa shape index (κ3) is 3.12. The third-order valence-electron chi connectivity index (χ3n) is 4.32. The molecule has 2 N–H and O–H groups in total. The van der Waals surface area contributed by atoms with E-state index in [1.54, 1.807) is 12.1 Å². The fourth-order valence-electron chi connectivity index (χ4n) is 3.07. The van der Waals surface area contributed by atoms with Crippen molar-refractivity contribution in [2.45, 2.75) is 19.0 Å². The molecule has 2 aliphatic rings. The lowest BCUT2D eigenvalue weighted by Crippen LogP contribution is -2.90. The number of nitrogens with two attached hydrogens (primary N) is 1. The van der Waals surface area contributed by atoms with E-state index >= 15 is 0 Å². The fourth-order valence-corrected chi connectivity index (χ4v) is 3.46. The Morgan fingerprint density at radius 1 is 1.12 bits per heavy atom. The molecule has 1 saturated heterocycles. The molecule has 0 radical (unpaired) electrons. The number of hydrogen-bond donors (Lipinski definition) is 1. The highest BCUT2D eigenvalue weighted by molar-refractivity contribution is 9.10. The lowest BCUT2D eigenvalue weighted by Gasteiger charge is -2.14. The van der Waals surface area contributed by atoms with Crippen molar-refractivity contribution in [3.05, 3.63) is 52.5 Å². The number of rotatable bonds is 4. The number of hydrogen-bond acceptors (Lipinski definition) is 4. The topological polar surface area (TPSA) is 72.5 Å². The van der Waals surface area contributed by atoms with E-state index in [0.29, 0.717) is 12.2 Å². The van der Waals surface area contributed by atoms with Gasteiger partial charge in [-0.25, -0.2) is 4.90 Å². The predicted octanol–water partition coefficient (Wildman–Crippen LogP) is 1.57. The Bertz CT molecular complexity index is 855. The minimum absolute atomic E-state index is 0.171. The second-order valence-corrected chi connectivity index (χ2v) is 6.90. The van der Waals surface area contributed by atoms with Crippen LogP contribution < -0.4 is 19.7 Å². The Morgan fingerprint density at radius 2 is 1.96 bits per heavy atom. The smallest absolute Gasteiger partial charge is 0.292 e. The number of ether oxygens (including phenoxy) is 2. The number of fused-ring (bicyclic) bond motifs is 1. The highest BCUT2D eigenvalue weighted by Gasteiger charge is 2.42. The fraction of sp³-hybridized carbons (Fsp3) is 0.222. The molecule has 128 valence electrons. The van der Waals surface area contributed by atoms with Crippen LogP contribution in [0.3, 0.4) is 0 Å². The molecular weight excluding hydrogens is 388 g/mol. The molecule has 1 fully saturated rings. The Hall–Kier alpha value is -2.38. The quantitative estimate of drug-likeness (QED) is 0.786. The summed E-state index contributed by atoms with van der Waals surface area (Å²) >= 11 is 3.37. The molecule has 25 heavy (non-hydrogen) atoms. The summed E-state index contributed by atoms with van der Waals surface area (Å²) in [6.45, 7) is 0.826. The minimum Gasteiger partial charge on any atom is -0.454 e. The van der Waals surface area contributed by atoms with E-state index in [2.05, 4.69) is 15.9 Å². The van der Waals surface area contributed by atoms with E-state index in [1.807, 2.05) is 35.6 Å². The molecule has 2 aromatic rings. The monoisotopic (exact) mass is 403 g/mol. The maximum absolute atomic E-state index is 12.6. The van der Waals surface area contributed by atoms with Gasteiger partial charge in [-0.15, -0.1) is 0 Å². The molecule has 0 spiro atoms. The van der Waals surface area contributed by atoms with Crippen LogP contribution in [0.15, 0.2) is 46.9 Å².